The molecule has 114 valence electrons. The van der Waals surface area contributed by atoms with Crippen molar-refractivity contribution in [2.75, 3.05) is 19.8 Å². The van der Waals surface area contributed by atoms with E-state index >= 15 is 0 Å². The molecule has 1 aromatic rings. The second-order valence-corrected chi connectivity index (χ2v) is 4.96. The number of aryl methyl sites for hydroxylation is 1. The molecule has 0 fully saturated rings. The van der Waals surface area contributed by atoms with Crippen LogP contribution in [0, 0.1) is 0 Å². The highest BCUT2D eigenvalue weighted by atomic mass is 16.7. The van der Waals surface area contributed by atoms with Crippen LogP contribution in [0.4, 0.5) is 0 Å². The van der Waals surface area contributed by atoms with Crippen molar-refractivity contribution in [3.05, 3.63) is 35.4 Å². The molecule has 0 radical (unpaired) electrons. The second-order valence-electron chi connectivity index (χ2n) is 4.96. The maximum Gasteiger partial charge on any atom is 0.169 e. The first-order chi connectivity index (χ1) is 9.71. The summed E-state index contributed by atoms with van der Waals surface area (Å²) < 4.78 is 11.1. The van der Waals surface area contributed by atoms with Crippen LogP contribution in [-0.4, -0.2) is 26.0 Å². The average Bonchev–Trinajstić information content (AvgIpc) is 2.46. The van der Waals surface area contributed by atoms with Gasteiger partial charge in [-0.05, 0) is 38.3 Å². The third-order valence-electron chi connectivity index (χ3n) is 3.31. The molecule has 0 spiro atoms. The summed E-state index contributed by atoms with van der Waals surface area (Å²) in [5.41, 5.74) is 2.71. The highest BCUT2D eigenvalue weighted by molar-refractivity contribution is 5.24. The molecule has 1 atom stereocenters. The van der Waals surface area contributed by atoms with E-state index in [9.17, 15) is 0 Å². The van der Waals surface area contributed by atoms with Crippen LogP contribution in [-0.2, 0) is 15.9 Å². The van der Waals surface area contributed by atoms with Crippen LogP contribution in [0.3, 0.4) is 0 Å². The molecule has 3 heteroatoms. The maximum atomic E-state index is 5.53. The Balaban J connectivity index is 2.46. The summed E-state index contributed by atoms with van der Waals surface area (Å²) in [4.78, 5) is 0. The fourth-order valence-corrected chi connectivity index (χ4v) is 2.19. The van der Waals surface area contributed by atoms with E-state index in [1.165, 1.54) is 17.5 Å². The standard InChI is InChI=1S/C17H29NO2/c1-5-8-15-9-11-16(12-10-15)14(4)18-13-17(19-6-2)20-7-3/h9-12,14,17-18H,5-8,13H2,1-4H3. The summed E-state index contributed by atoms with van der Waals surface area (Å²) in [6.07, 6.45) is 2.18. The Labute approximate surface area is 123 Å². The molecule has 3 nitrogen and oxygen atoms in total. The van der Waals surface area contributed by atoms with Crippen LogP contribution >= 0.6 is 0 Å². The monoisotopic (exact) mass is 279 g/mol. The Morgan fingerprint density at radius 2 is 1.60 bits per heavy atom. The fraction of sp³-hybridized carbons (Fsp3) is 0.647. The van der Waals surface area contributed by atoms with Crippen LogP contribution in [0.5, 0.6) is 0 Å². The number of ether oxygens (including phenoxy) is 2. The first kappa shape index (κ1) is 17.2. The van der Waals surface area contributed by atoms with Crippen LogP contribution in [0.2, 0.25) is 0 Å². The lowest BCUT2D eigenvalue weighted by Crippen LogP contribution is -2.33. The van der Waals surface area contributed by atoms with E-state index in [1.807, 2.05) is 13.8 Å². The minimum absolute atomic E-state index is 0.160. The smallest absolute Gasteiger partial charge is 0.169 e. The Morgan fingerprint density at radius 1 is 1.00 bits per heavy atom. The van der Waals surface area contributed by atoms with E-state index in [4.69, 9.17) is 9.47 Å². The lowest BCUT2D eigenvalue weighted by Gasteiger charge is -2.21. The van der Waals surface area contributed by atoms with Gasteiger partial charge >= 0.3 is 0 Å². The third kappa shape index (κ3) is 6.04. The molecule has 0 saturated carbocycles. The topological polar surface area (TPSA) is 30.5 Å². The quantitative estimate of drug-likeness (QED) is 0.663. The predicted molar refractivity (Wildman–Crippen MR) is 83.9 cm³/mol. The molecule has 0 aliphatic heterocycles. The van der Waals surface area contributed by atoms with Crippen LogP contribution in [0.15, 0.2) is 24.3 Å². The Hall–Kier alpha value is -0.900. The minimum atomic E-state index is -0.160. The van der Waals surface area contributed by atoms with Crippen LogP contribution in [0.25, 0.3) is 0 Å². The van der Waals surface area contributed by atoms with Gasteiger partial charge in [-0.3, -0.25) is 0 Å². The van der Waals surface area contributed by atoms with E-state index in [-0.39, 0.29) is 6.29 Å². The van der Waals surface area contributed by atoms with E-state index in [2.05, 4.69) is 43.4 Å². The summed E-state index contributed by atoms with van der Waals surface area (Å²) in [5, 5.41) is 3.47. The molecular weight excluding hydrogens is 250 g/mol. The Bertz CT molecular complexity index is 345. The summed E-state index contributed by atoms with van der Waals surface area (Å²) in [7, 11) is 0. The molecular formula is C17H29NO2. The lowest BCUT2D eigenvalue weighted by atomic mass is 10.0. The lowest BCUT2D eigenvalue weighted by molar-refractivity contribution is -0.133. The number of hydrogen-bond donors (Lipinski definition) is 1. The van der Waals surface area contributed by atoms with Gasteiger partial charge in [-0.2, -0.15) is 0 Å². The van der Waals surface area contributed by atoms with Crippen molar-refractivity contribution in [3.63, 3.8) is 0 Å². The molecule has 0 aliphatic rings. The number of nitrogens with one attached hydrogen (secondary N) is 1. The largest absolute Gasteiger partial charge is 0.352 e. The molecule has 1 rings (SSSR count). The van der Waals surface area contributed by atoms with Gasteiger partial charge in [-0.15, -0.1) is 0 Å². The zero-order chi connectivity index (χ0) is 14.8. The van der Waals surface area contributed by atoms with Crippen molar-refractivity contribution in [2.24, 2.45) is 0 Å². The minimum Gasteiger partial charge on any atom is -0.352 e. The van der Waals surface area contributed by atoms with Crippen LogP contribution in [0.1, 0.15) is 51.3 Å². The highest BCUT2D eigenvalue weighted by Gasteiger charge is 2.11. The molecule has 0 heterocycles. The maximum absolute atomic E-state index is 5.53. The van der Waals surface area contributed by atoms with Gasteiger partial charge in [-0.1, -0.05) is 37.6 Å². The van der Waals surface area contributed by atoms with Gasteiger partial charge in [-0.25, -0.2) is 0 Å². The van der Waals surface area contributed by atoms with Gasteiger partial charge in [0.05, 0.1) is 0 Å². The molecule has 1 N–H and O–H groups in total. The fourth-order valence-electron chi connectivity index (χ4n) is 2.19. The predicted octanol–water partition coefficient (Wildman–Crippen LogP) is 3.69. The van der Waals surface area contributed by atoms with Crippen molar-refractivity contribution in [3.8, 4) is 0 Å². The zero-order valence-electron chi connectivity index (χ0n) is 13.3. The number of rotatable bonds is 10. The van der Waals surface area contributed by atoms with Crippen molar-refractivity contribution in [1.29, 1.82) is 0 Å². The van der Waals surface area contributed by atoms with Gasteiger partial charge < -0.3 is 14.8 Å². The zero-order valence-corrected chi connectivity index (χ0v) is 13.3. The summed E-state index contributed by atoms with van der Waals surface area (Å²) in [6.45, 7) is 10.4. The molecule has 1 aromatic carbocycles. The summed E-state index contributed by atoms with van der Waals surface area (Å²) >= 11 is 0. The second kappa shape index (κ2) is 9.92. The van der Waals surface area contributed by atoms with Crippen molar-refractivity contribution in [1.82, 2.24) is 5.32 Å². The molecule has 0 amide bonds. The van der Waals surface area contributed by atoms with E-state index in [0.717, 1.165) is 6.42 Å². The highest BCUT2D eigenvalue weighted by Crippen LogP contribution is 2.14. The molecule has 0 saturated heterocycles. The first-order valence-corrected chi connectivity index (χ1v) is 7.76. The van der Waals surface area contributed by atoms with Gasteiger partial charge in [0.25, 0.3) is 0 Å². The number of benzene rings is 1. The van der Waals surface area contributed by atoms with Crippen LogP contribution < -0.4 is 5.32 Å². The molecule has 0 bridgehead atoms. The van der Waals surface area contributed by atoms with E-state index in [1.54, 1.807) is 0 Å². The van der Waals surface area contributed by atoms with Gasteiger partial charge in [0, 0.05) is 25.8 Å². The molecule has 0 aromatic heterocycles. The van der Waals surface area contributed by atoms with Crippen molar-refractivity contribution >= 4 is 0 Å². The number of hydrogen-bond acceptors (Lipinski definition) is 3. The molecule has 0 aliphatic carbocycles. The Morgan fingerprint density at radius 3 is 2.10 bits per heavy atom. The Kier molecular flexibility index (Phi) is 8.51. The van der Waals surface area contributed by atoms with Crippen molar-refractivity contribution in [2.45, 2.75) is 52.9 Å². The van der Waals surface area contributed by atoms with E-state index < -0.39 is 0 Å². The van der Waals surface area contributed by atoms with Gasteiger partial charge in [0.15, 0.2) is 6.29 Å². The SMILES string of the molecule is CCCc1ccc(C(C)NCC(OCC)OCC)cc1. The summed E-state index contributed by atoms with van der Waals surface area (Å²) in [6, 6.07) is 9.16. The van der Waals surface area contributed by atoms with Gasteiger partial charge in [0.1, 0.15) is 0 Å². The average molecular weight is 279 g/mol. The van der Waals surface area contributed by atoms with E-state index in [0.29, 0.717) is 25.8 Å². The molecule has 20 heavy (non-hydrogen) atoms. The normalized spacial score (nSPS) is 12.8. The third-order valence-corrected chi connectivity index (χ3v) is 3.31. The van der Waals surface area contributed by atoms with Crippen molar-refractivity contribution < 1.29 is 9.47 Å². The summed E-state index contributed by atoms with van der Waals surface area (Å²) in [5.74, 6) is 0. The van der Waals surface area contributed by atoms with Gasteiger partial charge in [0.2, 0.25) is 0 Å². The molecule has 1 unspecified atom stereocenters. The first-order valence-electron chi connectivity index (χ1n) is 7.76.